The maximum atomic E-state index is 13.9. The third-order valence-corrected chi connectivity index (χ3v) is 3.24. The molecule has 0 aliphatic rings. The summed E-state index contributed by atoms with van der Waals surface area (Å²) >= 11 is 0. The van der Waals surface area contributed by atoms with Gasteiger partial charge in [-0.25, -0.2) is 19.0 Å². The predicted octanol–water partition coefficient (Wildman–Crippen LogP) is 1.64. The van der Waals surface area contributed by atoms with Crippen LogP contribution in [0, 0.1) is 5.82 Å². The zero-order valence-electron chi connectivity index (χ0n) is 11.7. The van der Waals surface area contributed by atoms with E-state index in [1.807, 2.05) is 0 Å². The molecule has 0 unspecified atom stereocenters. The highest BCUT2D eigenvalue weighted by atomic mass is 19.1. The number of methoxy groups -OCH3 is 1. The van der Waals surface area contributed by atoms with Gasteiger partial charge in [0.25, 0.3) is 0 Å². The number of hydrogen-bond donors (Lipinski definition) is 1. The molecule has 2 heterocycles. The second-order valence-electron chi connectivity index (χ2n) is 4.55. The molecular weight excluding hydrogens is 273 g/mol. The quantitative estimate of drug-likeness (QED) is 0.792. The average molecular weight is 287 g/mol. The number of hydrogen-bond acceptors (Lipinski definition) is 5. The maximum Gasteiger partial charge on any atom is 0.165 e. The summed E-state index contributed by atoms with van der Waals surface area (Å²) in [5.74, 6) is 0.298. The van der Waals surface area contributed by atoms with E-state index in [1.165, 1.54) is 13.2 Å². The van der Waals surface area contributed by atoms with Gasteiger partial charge in [-0.1, -0.05) is 0 Å². The molecule has 0 aliphatic heterocycles. The van der Waals surface area contributed by atoms with E-state index in [9.17, 15) is 4.39 Å². The summed E-state index contributed by atoms with van der Waals surface area (Å²) in [6.07, 6.45) is 1.66. The Balaban J connectivity index is 2.19. The molecular formula is C14H14FN5O. The number of fused-ring (bicyclic) bond motifs is 1. The predicted molar refractivity (Wildman–Crippen MR) is 76.1 cm³/mol. The van der Waals surface area contributed by atoms with E-state index in [4.69, 9.17) is 10.5 Å². The van der Waals surface area contributed by atoms with Gasteiger partial charge in [0.15, 0.2) is 17.2 Å². The minimum absolute atomic E-state index is 0.195. The topological polar surface area (TPSA) is 78.8 Å². The molecule has 0 aliphatic carbocycles. The monoisotopic (exact) mass is 287 g/mol. The van der Waals surface area contributed by atoms with Crippen LogP contribution >= 0.6 is 0 Å². The van der Waals surface area contributed by atoms with Crippen molar-refractivity contribution in [2.45, 2.75) is 6.54 Å². The Morgan fingerprint density at radius 2 is 2.19 bits per heavy atom. The number of nitrogens with zero attached hydrogens (tertiary/aromatic N) is 4. The number of aryl methyl sites for hydroxylation is 1. The van der Waals surface area contributed by atoms with Crippen LogP contribution in [-0.2, 0) is 13.6 Å². The molecule has 21 heavy (non-hydrogen) atoms. The van der Waals surface area contributed by atoms with Crippen LogP contribution in [0.3, 0.4) is 0 Å². The molecule has 2 aromatic heterocycles. The SMILES string of the molecule is COc1ccc(-c2nn(C)c3nc(CN)ncc23)cc1F. The fourth-order valence-electron chi connectivity index (χ4n) is 2.20. The van der Waals surface area contributed by atoms with E-state index in [0.717, 1.165) is 5.39 Å². The summed E-state index contributed by atoms with van der Waals surface area (Å²) < 4.78 is 20.4. The fourth-order valence-corrected chi connectivity index (χ4v) is 2.20. The van der Waals surface area contributed by atoms with Crippen molar-refractivity contribution < 1.29 is 9.13 Å². The third-order valence-electron chi connectivity index (χ3n) is 3.24. The van der Waals surface area contributed by atoms with Crippen molar-refractivity contribution in [3.8, 4) is 17.0 Å². The van der Waals surface area contributed by atoms with Gasteiger partial charge in [-0.2, -0.15) is 5.10 Å². The van der Waals surface area contributed by atoms with Gasteiger partial charge in [0.05, 0.1) is 19.0 Å². The van der Waals surface area contributed by atoms with Crippen LogP contribution in [0.25, 0.3) is 22.3 Å². The van der Waals surface area contributed by atoms with Crippen molar-refractivity contribution in [2.24, 2.45) is 12.8 Å². The van der Waals surface area contributed by atoms with Gasteiger partial charge in [0, 0.05) is 18.8 Å². The molecule has 0 saturated heterocycles. The number of ether oxygens (including phenoxy) is 1. The summed E-state index contributed by atoms with van der Waals surface area (Å²) in [6.45, 7) is 0.258. The van der Waals surface area contributed by atoms with Crippen molar-refractivity contribution in [2.75, 3.05) is 7.11 Å². The lowest BCUT2D eigenvalue weighted by atomic mass is 10.1. The van der Waals surface area contributed by atoms with Crippen LogP contribution in [0.5, 0.6) is 5.75 Å². The summed E-state index contributed by atoms with van der Waals surface area (Å²) in [5.41, 5.74) is 7.47. The standard InChI is InChI=1S/C14H14FN5O/c1-20-14-9(7-17-12(6-16)18-14)13(19-20)8-3-4-11(21-2)10(15)5-8/h3-5,7H,6,16H2,1-2H3. The second-order valence-corrected chi connectivity index (χ2v) is 4.55. The fraction of sp³-hybridized carbons (Fsp3) is 0.214. The van der Waals surface area contributed by atoms with Crippen LogP contribution in [0.2, 0.25) is 0 Å². The van der Waals surface area contributed by atoms with Gasteiger partial charge < -0.3 is 10.5 Å². The average Bonchev–Trinajstić information content (AvgIpc) is 2.83. The lowest BCUT2D eigenvalue weighted by molar-refractivity contribution is 0.386. The molecule has 108 valence electrons. The number of benzene rings is 1. The summed E-state index contributed by atoms with van der Waals surface area (Å²) in [4.78, 5) is 8.51. The van der Waals surface area contributed by atoms with E-state index >= 15 is 0 Å². The zero-order chi connectivity index (χ0) is 15.0. The molecule has 3 aromatic rings. The van der Waals surface area contributed by atoms with Crippen molar-refractivity contribution in [1.29, 1.82) is 0 Å². The Morgan fingerprint density at radius 1 is 1.38 bits per heavy atom. The molecule has 2 N–H and O–H groups in total. The second kappa shape index (κ2) is 5.10. The summed E-state index contributed by atoms with van der Waals surface area (Å²) in [7, 11) is 3.20. The number of aromatic nitrogens is 4. The highest BCUT2D eigenvalue weighted by Crippen LogP contribution is 2.29. The molecule has 0 amide bonds. The highest BCUT2D eigenvalue weighted by Gasteiger charge is 2.14. The van der Waals surface area contributed by atoms with Crippen molar-refractivity contribution >= 4 is 11.0 Å². The van der Waals surface area contributed by atoms with Gasteiger partial charge in [-0.3, -0.25) is 0 Å². The highest BCUT2D eigenvalue weighted by molar-refractivity contribution is 5.90. The smallest absolute Gasteiger partial charge is 0.165 e. The molecule has 6 nitrogen and oxygen atoms in total. The Bertz CT molecular complexity index is 814. The Hall–Kier alpha value is -2.54. The first-order chi connectivity index (χ1) is 10.1. The lowest BCUT2D eigenvalue weighted by Gasteiger charge is -2.03. The van der Waals surface area contributed by atoms with E-state index in [1.54, 1.807) is 30.1 Å². The number of halogens is 1. The van der Waals surface area contributed by atoms with Crippen LogP contribution in [0.1, 0.15) is 5.82 Å². The lowest BCUT2D eigenvalue weighted by Crippen LogP contribution is -2.03. The van der Waals surface area contributed by atoms with Crippen molar-refractivity contribution in [1.82, 2.24) is 19.7 Å². The number of rotatable bonds is 3. The number of nitrogens with two attached hydrogens (primary N) is 1. The van der Waals surface area contributed by atoms with Crippen molar-refractivity contribution in [3.05, 3.63) is 36.0 Å². The largest absolute Gasteiger partial charge is 0.494 e. The van der Waals surface area contributed by atoms with Gasteiger partial charge >= 0.3 is 0 Å². The first kappa shape index (κ1) is 13.4. The molecule has 3 rings (SSSR count). The van der Waals surface area contributed by atoms with Gasteiger partial charge in [0.2, 0.25) is 0 Å². The van der Waals surface area contributed by atoms with E-state index in [0.29, 0.717) is 22.7 Å². The summed E-state index contributed by atoms with van der Waals surface area (Å²) in [5, 5.41) is 5.15. The van der Waals surface area contributed by atoms with Crippen LogP contribution in [0.15, 0.2) is 24.4 Å². The molecule has 1 aromatic carbocycles. The first-order valence-corrected chi connectivity index (χ1v) is 6.36. The Morgan fingerprint density at radius 3 is 2.86 bits per heavy atom. The normalized spacial score (nSPS) is 11.0. The van der Waals surface area contributed by atoms with E-state index in [-0.39, 0.29) is 12.3 Å². The van der Waals surface area contributed by atoms with Crippen LogP contribution in [-0.4, -0.2) is 26.9 Å². The van der Waals surface area contributed by atoms with E-state index in [2.05, 4.69) is 15.1 Å². The van der Waals surface area contributed by atoms with Crippen molar-refractivity contribution in [3.63, 3.8) is 0 Å². The minimum atomic E-state index is -0.437. The Kier molecular flexibility index (Phi) is 3.26. The molecule has 7 heteroatoms. The van der Waals surface area contributed by atoms with Gasteiger partial charge in [0.1, 0.15) is 11.5 Å². The van der Waals surface area contributed by atoms with E-state index < -0.39 is 5.82 Å². The minimum Gasteiger partial charge on any atom is -0.494 e. The van der Waals surface area contributed by atoms with Crippen LogP contribution < -0.4 is 10.5 Å². The molecule has 0 radical (unpaired) electrons. The zero-order valence-corrected chi connectivity index (χ0v) is 11.7. The molecule has 0 atom stereocenters. The third kappa shape index (κ3) is 2.21. The molecule has 0 saturated carbocycles. The van der Waals surface area contributed by atoms with Crippen LogP contribution in [0.4, 0.5) is 4.39 Å². The summed E-state index contributed by atoms with van der Waals surface area (Å²) in [6, 6.07) is 4.71. The molecule has 0 fully saturated rings. The van der Waals surface area contributed by atoms with Gasteiger partial charge in [-0.05, 0) is 18.2 Å². The van der Waals surface area contributed by atoms with Gasteiger partial charge in [-0.15, -0.1) is 0 Å². The molecule has 0 bridgehead atoms. The molecule has 0 spiro atoms. The first-order valence-electron chi connectivity index (χ1n) is 6.36. The maximum absolute atomic E-state index is 13.9. The Labute approximate surface area is 120 Å².